The lowest BCUT2D eigenvalue weighted by Crippen LogP contribution is -2.45. The van der Waals surface area contributed by atoms with Gasteiger partial charge in [0.2, 0.25) is 5.91 Å². The number of rotatable bonds is 8. The van der Waals surface area contributed by atoms with E-state index in [0.717, 1.165) is 11.3 Å². The largest absolute Gasteiger partial charge is 0.389 e. The average Bonchev–Trinajstić information content (AvgIpc) is 2.88. The number of nitrogens with one attached hydrogen (secondary N) is 2. The summed E-state index contributed by atoms with van der Waals surface area (Å²) in [6, 6.07) is 2.03. The van der Waals surface area contributed by atoms with Crippen LogP contribution < -0.4 is 15.8 Å². The van der Waals surface area contributed by atoms with Gasteiger partial charge in [0.1, 0.15) is 9.20 Å². The Morgan fingerprint density at radius 3 is 2.71 bits per heavy atom. The van der Waals surface area contributed by atoms with Crippen molar-refractivity contribution < 1.29 is 17.9 Å². The summed E-state index contributed by atoms with van der Waals surface area (Å²) in [6.45, 7) is 2.13. The second-order valence-electron chi connectivity index (χ2n) is 4.11. The summed E-state index contributed by atoms with van der Waals surface area (Å²) in [5, 5.41) is 2.55. The highest BCUT2D eigenvalue weighted by Gasteiger charge is 2.23. The van der Waals surface area contributed by atoms with Crippen LogP contribution in [0.4, 0.5) is 0 Å². The Labute approximate surface area is 132 Å². The maximum atomic E-state index is 12.1. The lowest BCUT2D eigenvalue weighted by molar-refractivity contribution is -0.122. The van der Waals surface area contributed by atoms with Crippen LogP contribution in [-0.2, 0) is 19.6 Å². The summed E-state index contributed by atoms with van der Waals surface area (Å²) in [7, 11) is -2.28. The lowest BCUT2D eigenvalue weighted by Gasteiger charge is -2.13. The molecule has 0 aliphatic heterocycles. The Morgan fingerprint density at radius 1 is 1.52 bits per heavy atom. The molecular weight excluding hydrogens is 334 g/mol. The molecule has 4 N–H and O–H groups in total. The molecule has 1 heterocycles. The van der Waals surface area contributed by atoms with Crippen LogP contribution in [0.1, 0.15) is 11.8 Å². The topological polar surface area (TPSA) is 111 Å². The van der Waals surface area contributed by atoms with E-state index in [0.29, 0.717) is 18.0 Å². The highest BCUT2D eigenvalue weighted by Crippen LogP contribution is 2.21. The fourth-order valence-electron chi connectivity index (χ4n) is 1.37. The van der Waals surface area contributed by atoms with Gasteiger partial charge < -0.3 is 15.8 Å². The van der Waals surface area contributed by atoms with Gasteiger partial charge in [-0.25, -0.2) is 8.42 Å². The molecule has 0 saturated carbocycles. The molecular formula is C11H17N3O4S3. The third kappa shape index (κ3) is 5.32. The fourth-order valence-corrected chi connectivity index (χ4v) is 3.94. The van der Waals surface area contributed by atoms with Crippen LogP contribution in [0.2, 0.25) is 0 Å². The molecule has 0 aromatic carbocycles. The first-order valence-electron chi connectivity index (χ1n) is 5.96. The van der Waals surface area contributed by atoms with Gasteiger partial charge in [-0.2, -0.15) is 4.72 Å². The van der Waals surface area contributed by atoms with Gasteiger partial charge in [-0.3, -0.25) is 4.79 Å². The zero-order chi connectivity index (χ0) is 16.0. The minimum atomic E-state index is -3.79. The number of nitrogens with two attached hydrogens (primary N) is 1. The monoisotopic (exact) mass is 351 g/mol. The Balaban J connectivity index is 2.70. The molecule has 1 unspecified atom stereocenters. The number of carbonyl (C=O) groups is 1. The van der Waals surface area contributed by atoms with Gasteiger partial charge in [0.25, 0.3) is 10.0 Å². The predicted octanol–water partition coefficient (Wildman–Crippen LogP) is -0.188. The Hall–Kier alpha value is -1.07. The number of hydrogen-bond acceptors (Lipinski definition) is 6. The molecule has 0 aliphatic carbocycles. The number of hydrogen-bond donors (Lipinski definition) is 3. The van der Waals surface area contributed by atoms with Crippen molar-refractivity contribution in [3.05, 3.63) is 17.0 Å². The summed E-state index contributed by atoms with van der Waals surface area (Å²) in [4.78, 5) is 12.3. The first-order valence-corrected chi connectivity index (χ1v) is 8.67. The molecule has 1 atom stereocenters. The number of thiophene rings is 1. The molecule has 1 aromatic rings. The Kier molecular flexibility index (Phi) is 6.68. The van der Waals surface area contributed by atoms with Crippen molar-refractivity contribution >= 4 is 44.5 Å². The normalized spacial score (nSPS) is 12.9. The molecule has 1 amide bonds. The molecule has 10 heteroatoms. The summed E-state index contributed by atoms with van der Waals surface area (Å²) < 4.78 is 31.4. The fraction of sp³-hybridized carbons (Fsp3) is 0.455. The number of methoxy groups -OCH3 is 1. The molecule has 0 radical (unpaired) electrons. The van der Waals surface area contributed by atoms with Crippen LogP contribution in [-0.4, -0.2) is 45.6 Å². The molecule has 1 aromatic heterocycles. The molecule has 0 fully saturated rings. The van der Waals surface area contributed by atoms with Crippen LogP contribution >= 0.6 is 23.6 Å². The number of carbonyl (C=O) groups excluding carboxylic acids is 1. The van der Waals surface area contributed by atoms with Gasteiger partial charge in [-0.05, 0) is 19.1 Å². The van der Waals surface area contributed by atoms with Gasteiger partial charge in [0.15, 0.2) is 0 Å². The maximum absolute atomic E-state index is 12.1. The standard InChI is InChI=1S/C11H17N3O4S3/c1-7(11(15)13-5-6-18-2)14-21(16,17)9-4-3-8(20-9)10(12)19/h3-4,7,14H,5-6H2,1-2H3,(H2,12,19)(H,13,15). The second-order valence-corrected chi connectivity index (χ2v) is 7.57. The van der Waals surface area contributed by atoms with Crippen molar-refractivity contribution in [3.8, 4) is 0 Å². The Morgan fingerprint density at radius 2 is 2.19 bits per heavy atom. The highest BCUT2D eigenvalue weighted by molar-refractivity contribution is 7.91. The van der Waals surface area contributed by atoms with E-state index in [4.69, 9.17) is 22.7 Å². The van der Waals surface area contributed by atoms with Gasteiger partial charge in [0.05, 0.1) is 17.5 Å². The van der Waals surface area contributed by atoms with E-state index in [-0.39, 0.29) is 9.20 Å². The molecule has 118 valence electrons. The number of ether oxygens (including phenoxy) is 1. The summed E-state index contributed by atoms with van der Waals surface area (Å²) in [5.41, 5.74) is 5.44. The zero-order valence-electron chi connectivity index (χ0n) is 11.6. The van der Waals surface area contributed by atoms with Gasteiger partial charge >= 0.3 is 0 Å². The van der Waals surface area contributed by atoms with Crippen LogP contribution in [0.5, 0.6) is 0 Å². The first-order chi connectivity index (χ1) is 9.77. The van der Waals surface area contributed by atoms with Gasteiger partial charge in [-0.15, -0.1) is 11.3 Å². The summed E-state index contributed by atoms with van der Waals surface area (Å²) in [6.07, 6.45) is 0. The van der Waals surface area contributed by atoms with E-state index in [2.05, 4.69) is 10.0 Å². The molecule has 1 rings (SSSR count). The number of thiocarbonyl (C=S) groups is 1. The van der Waals surface area contributed by atoms with E-state index in [1.54, 1.807) is 0 Å². The van der Waals surface area contributed by atoms with E-state index in [1.165, 1.54) is 26.2 Å². The van der Waals surface area contributed by atoms with E-state index >= 15 is 0 Å². The van der Waals surface area contributed by atoms with Crippen molar-refractivity contribution in [2.45, 2.75) is 17.2 Å². The minimum absolute atomic E-state index is 0.0573. The van der Waals surface area contributed by atoms with Gasteiger partial charge in [0, 0.05) is 13.7 Å². The minimum Gasteiger partial charge on any atom is -0.389 e. The lowest BCUT2D eigenvalue weighted by atomic mass is 10.3. The van der Waals surface area contributed by atoms with Crippen molar-refractivity contribution in [3.63, 3.8) is 0 Å². The molecule has 7 nitrogen and oxygen atoms in total. The molecule has 0 saturated heterocycles. The van der Waals surface area contributed by atoms with Crippen LogP contribution in [0, 0.1) is 0 Å². The van der Waals surface area contributed by atoms with Crippen LogP contribution in [0.25, 0.3) is 0 Å². The number of amides is 1. The maximum Gasteiger partial charge on any atom is 0.250 e. The summed E-state index contributed by atoms with van der Waals surface area (Å²) in [5.74, 6) is -0.429. The molecule has 0 spiro atoms. The average molecular weight is 351 g/mol. The molecule has 0 aliphatic rings. The third-order valence-electron chi connectivity index (χ3n) is 2.42. The quantitative estimate of drug-likeness (QED) is 0.442. The van der Waals surface area contributed by atoms with Crippen molar-refractivity contribution in [1.29, 1.82) is 0 Å². The third-order valence-corrected chi connectivity index (χ3v) is 5.92. The molecule has 21 heavy (non-hydrogen) atoms. The van der Waals surface area contributed by atoms with E-state index in [1.807, 2.05) is 0 Å². The van der Waals surface area contributed by atoms with Crippen molar-refractivity contribution in [2.75, 3.05) is 20.3 Å². The predicted molar refractivity (Wildman–Crippen MR) is 84.9 cm³/mol. The van der Waals surface area contributed by atoms with E-state index in [9.17, 15) is 13.2 Å². The van der Waals surface area contributed by atoms with Crippen molar-refractivity contribution in [2.24, 2.45) is 5.73 Å². The smallest absolute Gasteiger partial charge is 0.250 e. The van der Waals surface area contributed by atoms with E-state index < -0.39 is 22.0 Å². The first kappa shape index (κ1) is 18.0. The van der Waals surface area contributed by atoms with Crippen LogP contribution in [0.3, 0.4) is 0 Å². The van der Waals surface area contributed by atoms with Crippen LogP contribution in [0.15, 0.2) is 16.3 Å². The zero-order valence-corrected chi connectivity index (χ0v) is 14.0. The highest BCUT2D eigenvalue weighted by atomic mass is 32.2. The van der Waals surface area contributed by atoms with Crippen molar-refractivity contribution in [1.82, 2.24) is 10.0 Å². The summed E-state index contributed by atoms with van der Waals surface area (Å²) >= 11 is 5.74. The SMILES string of the molecule is COCCNC(=O)C(C)NS(=O)(=O)c1ccc(C(N)=S)s1. The second kappa shape index (κ2) is 7.80. The molecule has 0 bridgehead atoms. The Bertz CT molecular complexity index is 612. The van der Waals surface area contributed by atoms with Gasteiger partial charge in [-0.1, -0.05) is 12.2 Å². The number of sulfonamides is 1.